The summed E-state index contributed by atoms with van der Waals surface area (Å²) in [5.41, 5.74) is 6.79. The number of hydrogen-bond acceptors (Lipinski definition) is 1. The van der Waals surface area contributed by atoms with E-state index in [1.807, 2.05) is 54.6 Å². The van der Waals surface area contributed by atoms with E-state index in [0.717, 1.165) is 33.0 Å². The van der Waals surface area contributed by atoms with Gasteiger partial charge >= 0.3 is 0 Å². The van der Waals surface area contributed by atoms with Crippen molar-refractivity contribution >= 4 is 43.4 Å². The summed E-state index contributed by atoms with van der Waals surface area (Å²) >= 11 is 0. The quantitative estimate of drug-likeness (QED) is 0.172. The lowest BCUT2D eigenvalue weighted by Gasteiger charge is -2.19. The van der Waals surface area contributed by atoms with E-state index in [1.54, 1.807) is 48.5 Å². The van der Waals surface area contributed by atoms with Crippen molar-refractivity contribution in [1.82, 2.24) is 9.55 Å². The first kappa shape index (κ1) is 18.3. The van der Waals surface area contributed by atoms with Gasteiger partial charge in [0, 0.05) is 11.3 Å². The van der Waals surface area contributed by atoms with Crippen LogP contribution in [0.15, 0.2) is 182 Å². The molecule has 0 unspecified atom stereocenters. The average Bonchev–Trinajstić information content (AvgIpc) is 3.86. The van der Waals surface area contributed by atoms with Gasteiger partial charge in [-0.3, -0.25) is 4.57 Å². The second-order valence-electron chi connectivity index (χ2n) is 12.5. The number of nitrogens with zero attached hydrogens (tertiary/aromatic N) is 2. The highest BCUT2D eigenvalue weighted by atomic mass is 15.1. The van der Waals surface area contributed by atoms with Crippen LogP contribution in [0.2, 0.25) is 0 Å². The number of aromatic nitrogens is 2. The highest BCUT2D eigenvalue weighted by Crippen LogP contribution is 2.51. The Labute approximate surface area is 313 Å². The van der Waals surface area contributed by atoms with Crippen LogP contribution in [0.4, 0.5) is 0 Å². The maximum absolute atomic E-state index is 9.50. The molecule has 2 heteroatoms. The number of hydrogen-bond donors (Lipinski definition) is 0. The van der Waals surface area contributed by atoms with Crippen LogP contribution in [0, 0.1) is 0 Å². The monoisotopic (exact) mass is 659 g/mol. The first-order valence-corrected chi connectivity index (χ1v) is 16.5. The normalized spacial score (nSPS) is 15.5. The van der Waals surface area contributed by atoms with Crippen LogP contribution in [-0.2, 0) is 0 Å². The van der Waals surface area contributed by atoms with E-state index in [0.29, 0.717) is 27.7 Å². The molecule has 51 heavy (non-hydrogen) atoms. The molecule has 2 nitrogen and oxygen atoms in total. The molecule has 0 aliphatic heterocycles. The molecule has 11 rings (SSSR count). The summed E-state index contributed by atoms with van der Waals surface area (Å²) in [6.07, 6.45) is 0. The molecule has 1 heterocycles. The smallest absolute Gasteiger partial charge is 0.145 e. The van der Waals surface area contributed by atoms with Crippen LogP contribution < -0.4 is 0 Å². The molecule has 0 bridgehead atoms. The predicted molar refractivity (Wildman–Crippen MR) is 214 cm³/mol. The molecule has 9 aromatic carbocycles. The Morgan fingerprint density at radius 1 is 0.412 bits per heavy atom. The fraction of sp³-hybridized carbons (Fsp3) is 0. The van der Waals surface area contributed by atoms with Gasteiger partial charge in [-0.25, -0.2) is 4.98 Å². The first-order valence-electron chi connectivity index (χ1n) is 23.0. The predicted octanol–water partition coefficient (Wildman–Crippen LogP) is 13.1. The standard InChI is InChI=1S/C49H30N2/c1-2-13-33(14-3-1)51-45-24-11-10-23-44(45)50-49(51)32-27-25-31(26-28-32)46-37-17-6-8-19-39(37)48(40-20-9-7-18-38(40)46)43-30-29-42-35-16-5-4-15-34(35)36-21-12-22-41(43)47(36)42/h1-30H/i1D,2D,3D,6D,7D,8D,9D,13D,14D,17D,18D,19D,20D. The second kappa shape index (κ2) is 10.9. The molecular weight excluding hydrogens is 617 g/mol. The molecule has 0 amide bonds. The van der Waals surface area contributed by atoms with Crippen molar-refractivity contribution in [3.05, 3.63) is 182 Å². The first-order chi connectivity index (χ1) is 30.7. The van der Waals surface area contributed by atoms with Crippen molar-refractivity contribution in [2.75, 3.05) is 0 Å². The van der Waals surface area contributed by atoms with E-state index in [-0.39, 0.29) is 68.4 Å². The lowest BCUT2D eigenvalue weighted by Crippen LogP contribution is -1.97. The van der Waals surface area contributed by atoms with Gasteiger partial charge in [-0.15, -0.1) is 0 Å². The molecular formula is C49H30N2. The van der Waals surface area contributed by atoms with Gasteiger partial charge < -0.3 is 0 Å². The van der Waals surface area contributed by atoms with Crippen LogP contribution in [0.5, 0.6) is 0 Å². The molecule has 1 aliphatic rings. The number of para-hydroxylation sites is 3. The Morgan fingerprint density at radius 3 is 1.67 bits per heavy atom. The van der Waals surface area contributed by atoms with Crippen molar-refractivity contribution in [3.8, 4) is 61.6 Å². The third-order valence-corrected chi connectivity index (χ3v) is 9.90. The third kappa shape index (κ3) is 4.08. The molecule has 236 valence electrons. The zero-order valence-electron chi connectivity index (χ0n) is 39.7. The van der Waals surface area contributed by atoms with E-state index in [9.17, 15) is 5.48 Å². The van der Waals surface area contributed by atoms with Gasteiger partial charge in [0.25, 0.3) is 0 Å². The van der Waals surface area contributed by atoms with Gasteiger partial charge in [0.1, 0.15) is 5.82 Å². The fourth-order valence-corrected chi connectivity index (χ4v) is 7.80. The van der Waals surface area contributed by atoms with Crippen molar-refractivity contribution in [2.24, 2.45) is 0 Å². The maximum atomic E-state index is 9.50. The Morgan fingerprint density at radius 2 is 0.961 bits per heavy atom. The summed E-state index contributed by atoms with van der Waals surface area (Å²) < 4.78 is 118. The van der Waals surface area contributed by atoms with Crippen LogP contribution in [0.3, 0.4) is 0 Å². The molecule has 0 atom stereocenters. The minimum absolute atomic E-state index is 0.0733. The van der Waals surface area contributed by atoms with Gasteiger partial charge in [0.05, 0.1) is 28.9 Å². The summed E-state index contributed by atoms with van der Waals surface area (Å²) in [6.45, 7) is 0. The number of benzene rings is 9. The van der Waals surface area contributed by atoms with Crippen LogP contribution in [-0.4, -0.2) is 9.55 Å². The molecule has 0 N–H and O–H groups in total. The van der Waals surface area contributed by atoms with Crippen molar-refractivity contribution in [1.29, 1.82) is 0 Å². The highest BCUT2D eigenvalue weighted by Gasteiger charge is 2.24. The van der Waals surface area contributed by atoms with E-state index in [2.05, 4.69) is 0 Å². The minimum atomic E-state index is -0.533. The Kier molecular flexibility index (Phi) is 3.90. The van der Waals surface area contributed by atoms with Crippen molar-refractivity contribution in [2.45, 2.75) is 0 Å². The average molecular weight is 660 g/mol. The third-order valence-electron chi connectivity index (χ3n) is 9.90. The van der Waals surface area contributed by atoms with Gasteiger partial charge in [0.2, 0.25) is 0 Å². The Bertz CT molecular complexity index is 3630. The van der Waals surface area contributed by atoms with E-state index in [4.69, 9.17) is 17.3 Å². The molecule has 10 aromatic rings. The Balaban J connectivity index is 1.24. The molecule has 0 spiro atoms. The molecule has 0 fully saturated rings. The molecule has 0 saturated heterocycles. The zero-order chi connectivity index (χ0) is 44.8. The highest BCUT2D eigenvalue weighted by molar-refractivity contribution is 6.26. The summed E-state index contributed by atoms with van der Waals surface area (Å²) in [5.74, 6) is 0.259. The minimum Gasteiger partial charge on any atom is -0.292 e. The van der Waals surface area contributed by atoms with Crippen LogP contribution in [0.1, 0.15) is 17.8 Å². The number of fused-ring (bicyclic) bond motifs is 6. The molecule has 1 aromatic heterocycles. The number of imidazole rings is 1. The maximum Gasteiger partial charge on any atom is 0.145 e. The fourth-order valence-electron chi connectivity index (χ4n) is 7.80. The van der Waals surface area contributed by atoms with Gasteiger partial charge in [0.15, 0.2) is 0 Å². The molecule has 0 radical (unpaired) electrons. The van der Waals surface area contributed by atoms with Gasteiger partial charge in [-0.1, -0.05) is 157 Å². The summed E-state index contributed by atoms with van der Waals surface area (Å²) in [4.78, 5) is 4.85. The second-order valence-corrected chi connectivity index (χ2v) is 12.5. The summed E-state index contributed by atoms with van der Waals surface area (Å²) in [6, 6.07) is 25.6. The molecule has 0 saturated carbocycles. The number of rotatable bonds is 4. The largest absolute Gasteiger partial charge is 0.292 e. The van der Waals surface area contributed by atoms with E-state index in [1.165, 1.54) is 4.57 Å². The topological polar surface area (TPSA) is 17.8 Å². The van der Waals surface area contributed by atoms with E-state index >= 15 is 0 Å². The van der Waals surface area contributed by atoms with E-state index < -0.39 is 54.4 Å². The van der Waals surface area contributed by atoms with Crippen molar-refractivity contribution in [3.63, 3.8) is 0 Å². The molecule has 1 aliphatic carbocycles. The SMILES string of the molecule is [2H]c1c([2H])c([2H])c(-n2c(-c3ccc(-c4c5c([2H])c([2H])c([2H])c([2H])c5c(-c5ccc6c7c(cccc57)-c5ccccc5-6)c5c([2H])c([2H])c([2H])c([2H])c45)cc3)nc3ccccc32)c([2H])c1[2H]. The van der Waals surface area contributed by atoms with Gasteiger partial charge in [-0.05, 0) is 101 Å². The lowest BCUT2D eigenvalue weighted by molar-refractivity contribution is 1.10. The van der Waals surface area contributed by atoms with Crippen LogP contribution >= 0.6 is 0 Å². The summed E-state index contributed by atoms with van der Waals surface area (Å²) in [7, 11) is 0. The lowest BCUT2D eigenvalue weighted by atomic mass is 9.84. The van der Waals surface area contributed by atoms with Gasteiger partial charge in [-0.2, -0.15) is 0 Å². The zero-order valence-corrected chi connectivity index (χ0v) is 26.7. The van der Waals surface area contributed by atoms with Crippen LogP contribution in [0.25, 0.3) is 105 Å². The Hall–Kier alpha value is -6.77. The van der Waals surface area contributed by atoms with Crippen molar-refractivity contribution < 1.29 is 17.8 Å². The summed E-state index contributed by atoms with van der Waals surface area (Å²) in [5, 5.41) is 2.03.